The largest absolute Gasteiger partial charge is 0.293 e. The van der Waals surface area contributed by atoms with Crippen LogP contribution >= 0.6 is 0 Å². The van der Waals surface area contributed by atoms with Crippen molar-refractivity contribution in [2.45, 2.75) is 18.8 Å². The van der Waals surface area contributed by atoms with Gasteiger partial charge in [0.2, 0.25) is 0 Å². The van der Waals surface area contributed by atoms with Gasteiger partial charge in [0.25, 0.3) is 0 Å². The molecule has 0 radical (unpaired) electrons. The maximum atomic E-state index is 12.2. The molecule has 3 rings (SSSR count). The number of nitrogens with zero attached hydrogens (tertiary/aromatic N) is 1. The van der Waals surface area contributed by atoms with E-state index in [0.717, 1.165) is 11.1 Å². The molecule has 1 aliphatic carbocycles. The minimum Gasteiger partial charge on any atom is -0.293 e. The summed E-state index contributed by atoms with van der Waals surface area (Å²) in [6, 6.07) is 22.4. The number of allylic oxidation sites excluding steroid dienone is 2. The molecule has 0 aliphatic heterocycles. The Balaban J connectivity index is 2.25. The average molecular weight is 287 g/mol. The van der Waals surface area contributed by atoms with E-state index in [9.17, 15) is 10.1 Å². The highest BCUT2D eigenvalue weighted by Gasteiger charge is 2.46. The molecule has 0 amide bonds. The van der Waals surface area contributed by atoms with Crippen molar-refractivity contribution in [3.8, 4) is 6.07 Å². The Kier molecular flexibility index (Phi) is 3.42. The summed E-state index contributed by atoms with van der Waals surface area (Å²) in [6.45, 7) is 1.74. The van der Waals surface area contributed by atoms with Crippen molar-refractivity contribution in [3.63, 3.8) is 0 Å². The second kappa shape index (κ2) is 5.27. The van der Waals surface area contributed by atoms with E-state index in [1.807, 2.05) is 42.5 Å². The lowest BCUT2D eigenvalue weighted by molar-refractivity contribution is -0.121. The summed E-state index contributed by atoms with van der Waals surface area (Å²) < 4.78 is 0. The summed E-state index contributed by atoms with van der Waals surface area (Å²) in [4.78, 5) is 12.2. The number of hydrogen-bond acceptors (Lipinski definition) is 2. The Morgan fingerprint density at radius 1 is 0.955 bits per heavy atom. The number of rotatable bonds is 2. The SMILES string of the molecule is C[C@]1(C#N)CC(c2ccccc2)(c2ccccc2)C=CC1=O. The molecule has 0 unspecified atom stereocenters. The minimum absolute atomic E-state index is 0.113. The van der Waals surface area contributed by atoms with E-state index in [0.29, 0.717) is 6.42 Å². The molecule has 0 bridgehead atoms. The van der Waals surface area contributed by atoms with E-state index in [4.69, 9.17) is 0 Å². The van der Waals surface area contributed by atoms with Gasteiger partial charge in [-0.05, 0) is 30.5 Å². The molecule has 2 heteroatoms. The van der Waals surface area contributed by atoms with Crippen LogP contribution in [-0.2, 0) is 10.2 Å². The van der Waals surface area contributed by atoms with Gasteiger partial charge in [0.1, 0.15) is 5.41 Å². The van der Waals surface area contributed by atoms with Crippen LogP contribution in [0, 0.1) is 16.7 Å². The van der Waals surface area contributed by atoms with Crippen molar-refractivity contribution < 1.29 is 4.79 Å². The van der Waals surface area contributed by atoms with E-state index >= 15 is 0 Å². The Bertz CT molecular complexity index is 716. The van der Waals surface area contributed by atoms with Crippen LogP contribution in [0.1, 0.15) is 24.5 Å². The molecule has 108 valence electrons. The standard InChI is InChI=1S/C20H17NO/c1-19(15-21)14-20(13-12-18(19)22,16-8-4-2-5-9-16)17-10-6-3-7-11-17/h2-13H,14H2,1H3/t19-/m1/s1. The molecular weight excluding hydrogens is 270 g/mol. The molecule has 0 N–H and O–H groups in total. The Morgan fingerprint density at radius 3 is 1.91 bits per heavy atom. The molecule has 1 aliphatic rings. The van der Waals surface area contributed by atoms with Crippen molar-refractivity contribution in [3.05, 3.63) is 83.9 Å². The summed E-state index contributed by atoms with van der Waals surface area (Å²) in [7, 11) is 0. The fourth-order valence-electron chi connectivity index (χ4n) is 3.23. The molecule has 22 heavy (non-hydrogen) atoms. The summed E-state index contributed by atoms with van der Waals surface area (Å²) in [5, 5.41) is 9.54. The quantitative estimate of drug-likeness (QED) is 0.836. The number of hydrogen-bond donors (Lipinski definition) is 0. The summed E-state index contributed by atoms with van der Waals surface area (Å²) in [6.07, 6.45) is 3.99. The van der Waals surface area contributed by atoms with Gasteiger partial charge in [-0.2, -0.15) is 5.26 Å². The van der Waals surface area contributed by atoms with Crippen molar-refractivity contribution >= 4 is 5.78 Å². The third-order valence-electron chi connectivity index (χ3n) is 4.52. The Morgan fingerprint density at radius 2 is 1.45 bits per heavy atom. The van der Waals surface area contributed by atoms with Crippen LogP contribution in [0.15, 0.2) is 72.8 Å². The highest BCUT2D eigenvalue weighted by Crippen LogP contribution is 2.46. The number of carbonyl (C=O) groups is 1. The van der Waals surface area contributed by atoms with Gasteiger partial charge in [0.15, 0.2) is 5.78 Å². The first-order chi connectivity index (χ1) is 10.6. The van der Waals surface area contributed by atoms with Crippen LogP contribution in [-0.4, -0.2) is 5.78 Å². The molecular formula is C20H17NO. The van der Waals surface area contributed by atoms with Gasteiger partial charge in [-0.15, -0.1) is 0 Å². The number of ketones is 1. The van der Waals surface area contributed by atoms with Gasteiger partial charge in [0.05, 0.1) is 6.07 Å². The highest BCUT2D eigenvalue weighted by atomic mass is 16.1. The van der Waals surface area contributed by atoms with Gasteiger partial charge in [-0.1, -0.05) is 66.7 Å². The summed E-state index contributed by atoms with van der Waals surface area (Å²) >= 11 is 0. The monoisotopic (exact) mass is 287 g/mol. The molecule has 2 aromatic rings. The molecule has 2 aromatic carbocycles. The van der Waals surface area contributed by atoms with Gasteiger partial charge < -0.3 is 0 Å². The van der Waals surface area contributed by atoms with Crippen LogP contribution < -0.4 is 0 Å². The molecule has 0 spiro atoms. The lowest BCUT2D eigenvalue weighted by Gasteiger charge is -2.39. The van der Waals surface area contributed by atoms with Gasteiger partial charge >= 0.3 is 0 Å². The van der Waals surface area contributed by atoms with E-state index in [-0.39, 0.29) is 5.78 Å². The molecule has 0 heterocycles. The van der Waals surface area contributed by atoms with Crippen LogP contribution in [0.4, 0.5) is 0 Å². The summed E-state index contributed by atoms with van der Waals surface area (Å²) in [5.74, 6) is -0.113. The van der Waals surface area contributed by atoms with Crippen molar-refractivity contribution in [2.75, 3.05) is 0 Å². The second-order valence-corrected chi connectivity index (χ2v) is 6.02. The molecule has 2 nitrogen and oxygen atoms in total. The number of carbonyl (C=O) groups excluding carboxylic acids is 1. The third-order valence-corrected chi connectivity index (χ3v) is 4.52. The van der Waals surface area contributed by atoms with Gasteiger partial charge in [0, 0.05) is 5.41 Å². The smallest absolute Gasteiger partial charge is 0.175 e. The van der Waals surface area contributed by atoms with Gasteiger partial charge in [-0.25, -0.2) is 0 Å². The van der Waals surface area contributed by atoms with Crippen LogP contribution in [0.5, 0.6) is 0 Å². The maximum Gasteiger partial charge on any atom is 0.175 e. The Hall–Kier alpha value is -2.66. The fraction of sp³-hybridized carbons (Fsp3) is 0.200. The van der Waals surface area contributed by atoms with E-state index < -0.39 is 10.8 Å². The molecule has 1 atom stereocenters. The lowest BCUT2D eigenvalue weighted by Crippen LogP contribution is -2.40. The number of nitriles is 1. The van der Waals surface area contributed by atoms with Crippen LogP contribution in [0.3, 0.4) is 0 Å². The van der Waals surface area contributed by atoms with E-state index in [1.54, 1.807) is 13.0 Å². The molecule has 0 saturated heterocycles. The van der Waals surface area contributed by atoms with Crippen LogP contribution in [0.2, 0.25) is 0 Å². The Labute approximate surface area is 130 Å². The van der Waals surface area contributed by atoms with Gasteiger partial charge in [-0.3, -0.25) is 4.79 Å². The number of benzene rings is 2. The zero-order chi connectivity index (χ0) is 15.6. The normalized spacial score (nSPS) is 23.0. The maximum absolute atomic E-state index is 12.2. The molecule has 0 saturated carbocycles. The van der Waals surface area contributed by atoms with Crippen molar-refractivity contribution in [1.29, 1.82) is 5.26 Å². The lowest BCUT2D eigenvalue weighted by atomic mass is 9.61. The second-order valence-electron chi connectivity index (χ2n) is 6.02. The minimum atomic E-state index is -1.000. The molecule has 0 fully saturated rings. The zero-order valence-electron chi connectivity index (χ0n) is 12.5. The first-order valence-electron chi connectivity index (χ1n) is 7.37. The first kappa shape index (κ1) is 14.3. The topological polar surface area (TPSA) is 40.9 Å². The third kappa shape index (κ3) is 2.16. The zero-order valence-corrected chi connectivity index (χ0v) is 12.5. The van der Waals surface area contributed by atoms with E-state index in [1.165, 1.54) is 0 Å². The van der Waals surface area contributed by atoms with Crippen LogP contribution in [0.25, 0.3) is 0 Å². The van der Waals surface area contributed by atoms with Crippen molar-refractivity contribution in [2.24, 2.45) is 5.41 Å². The van der Waals surface area contributed by atoms with E-state index in [2.05, 4.69) is 30.3 Å². The predicted octanol–water partition coefficient (Wildman–Crippen LogP) is 4.03. The average Bonchev–Trinajstić information content (AvgIpc) is 2.59. The highest BCUT2D eigenvalue weighted by molar-refractivity contribution is 5.98. The van der Waals surface area contributed by atoms with Crippen molar-refractivity contribution in [1.82, 2.24) is 0 Å². The summed E-state index contributed by atoms with van der Waals surface area (Å²) in [5.41, 5.74) is 0.763. The fourth-order valence-corrected chi connectivity index (χ4v) is 3.23. The first-order valence-corrected chi connectivity index (χ1v) is 7.37. The predicted molar refractivity (Wildman–Crippen MR) is 86.1 cm³/mol. The molecule has 0 aromatic heterocycles.